The van der Waals surface area contributed by atoms with E-state index >= 15 is 0 Å². The highest BCUT2D eigenvalue weighted by atomic mass is 16.5. The number of nitrogens with one attached hydrogen (secondary N) is 2. The summed E-state index contributed by atoms with van der Waals surface area (Å²) in [6, 6.07) is 16.8. The first-order chi connectivity index (χ1) is 14.2. The number of hydrogen-bond acceptors (Lipinski definition) is 7. The van der Waals surface area contributed by atoms with Gasteiger partial charge in [0.1, 0.15) is 31.2 Å². The Morgan fingerprint density at radius 2 is 1.31 bits per heavy atom. The van der Waals surface area contributed by atoms with E-state index < -0.39 is 12.2 Å². The zero-order chi connectivity index (χ0) is 20.7. The van der Waals surface area contributed by atoms with Gasteiger partial charge in [0.05, 0.1) is 7.11 Å². The van der Waals surface area contributed by atoms with Crippen molar-refractivity contribution in [3.63, 3.8) is 0 Å². The zero-order valence-corrected chi connectivity index (χ0v) is 16.9. The molecule has 0 radical (unpaired) electrons. The highest BCUT2D eigenvalue weighted by Crippen LogP contribution is 2.25. The molecule has 0 aliphatic carbocycles. The normalized spacial score (nSPS) is 12.9. The maximum absolute atomic E-state index is 10.0. The van der Waals surface area contributed by atoms with Crippen LogP contribution in [0.1, 0.15) is 6.42 Å². The van der Waals surface area contributed by atoms with Crippen molar-refractivity contribution in [1.29, 1.82) is 0 Å². The Hall–Kier alpha value is -2.32. The van der Waals surface area contributed by atoms with Crippen LogP contribution in [0.4, 0.5) is 0 Å². The standard InChI is InChI=1S/C22H32N2O5/c1-27-21-10-5-6-11-22(21)29-17-19(26)15-24-13-7-12-23-14-18(25)16-28-20-8-3-2-4-9-20/h2-6,8-11,18-19,23-26H,7,12-17H2,1H3. The molecule has 7 nitrogen and oxygen atoms in total. The molecule has 0 aliphatic heterocycles. The zero-order valence-electron chi connectivity index (χ0n) is 16.9. The molecular weight excluding hydrogens is 372 g/mol. The van der Waals surface area contributed by atoms with Gasteiger partial charge in [-0.25, -0.2) is 0 Å². The Morgan fingerprint density at radius 1 is 0.759 bits per heavy atom. The van der Waals surface area contributed by atoms with Gasteiger partial charge in [0, 0.05) is 13.1 Å². The van der Waals surface area contributed by atoms with E-state index in [-0.39, 0.29) is 13.2 Å². The lowest BCUT2D eigenvalue weighted by molar-refractivity contribution is 0.104. The minimum atomic E-state index is -0.607. The molecule has 2 atom stereocenters. The summed E-state index contributed by atoms with van der Waals surface area (Å²) < 4.78 is 16.3. The van der Waals surface area contributed by atoms with Gasteiger partial charge in [-0.1, -0.05) is 30.3 Å². The summed E-state index contributed by atoms with van der Waals surface area (Å²) in [6.45, 7) is 2.90. The maximum Gasteiger partial charge on any atom is 0.161 e. The fourth-order valence-electron chi connectivity index (χ4n) is 2.63. The summed E-state index contributed by atoms with van der Waals surface area (Å²) in [5, 5.41) is 26.3. The second-order valence-electron chi connectivity index (χ2n) is 6.66. The van der Waals surface area contributed by atoms with Gasteiger partial charge < -0.3 is 35.1 Å². The first-order valence-corrected chi connectivity index (χ1v) is 9.90. The van der Waals surface area contributed by atoms with Gasteiger partial charge >= 0.3 is 0 Å². The molecule has 0 amide bonds. The van der Waals surface area contributed by atoms with E-state index in [9.17, 15) is 10.2 Å². The lowest BCUT2D eigenvalue weighted by Gasteiger charge is -2.15. The summed E-state index contributed by atoms with van der Waals surface area (Å²) in [5.74, 6) is 2.02. The van der Waals surface area contributed by atoms with E-state index in [1.165, 1.54) is 0 Å². The Labute approximate surface area is 172 Å². The van der Waals surface area contributed by atoms with Crippen molar-refractivity contribution in [3.8, 4) is 17.2 Å². The SMILES string of the molecule is COc1ccccc1OCC(O)CNCCCNCC(O)COc1ccccc1. The fraction of sp³-hybridized carbons (Fsp3) is 0.455. The van der Waals surface area contributed by atoms with E-state index in [2.05, 4.69) is 10.6 Å². The van der Waals surface area contributed by atoms with E-state index in [0.717, 1.165) is 25.3 Å². The van der Waals surface area contributed by atoms with Gasteiger partial charge in [-0.05, 0) is 43.8 Å². The molecule has 2 aromatic rings. The summed E-state index contributed by atoms with van der Waals surface area (Å²) in [4.78, 5) is 0. The number of aliphatic hydroxyl groups is 2. The molecule has 0 aliphatic rings. The molecule has 29 heavy (non-hydrogen) atoms. The third-order valence-electron chi connectivity index (χ3n) is 4.15. The molecule has 0 saturated carbocycles. The van der Waals surface area contributed by atoms with Crippen LogP contribution in [0.25, 0.3) is 0 Å². The van der Waals surface area contributed by atoms with Gasteiger partial charge in [0.15, 0.2) is 11.5 Å². The van der Waals surface area contributed by atoms with E-state index in [0.29, 0.717) is 24.6 Å². The summed E-state index contributed by atoms with van der Waals surface area (Å²) in [6.07, 6.45) is -0.284. The van der Waals surface area contributed by atoms with E-state index in [1.807, 2.05) is 54.6 Å². The lowest BCUT2D eigenvalue weighted by Crippen LogP contribution is -2.35. The van der Waals surface area contributed by atoms with Crippen LogP contribution in [0.2, 0.25) is 0 Å². The highest BCUT2D eigenvalue weighted by Gasteiger charge is 2.08. The van der Waals surface area contributed by atoms with Crippen LogP contribution in [0.5, 0.6) is 17.2 Å². The largest absolute Gasteiger partial charge is 0.493 e. The van der Waals surface area contributed by atoms with Crippen LogP contribution in [0, 0.1) is 0 Å². The molecule has 160 valence electrons. The number of ether oxygens (including phenoxy) is 3. The van der Waals surface area contributed by atoms with Crippen molar-refractivity contribution < 1.29 is 24.4 Å². The minimum Gasteiger partial charge on any atom is -0.493 e. The number of hydrogen-bond donors (Lipinski definition) is 4. The van der Waals surface area contributed by atoms with Gasteiger partial charge in [0.25, 0.3) is 0 Å². The van der Waals surface area contributed by atoms with Crippen molar-refractivity contribution in [2.45, 2.75) is 18.6 Å². The first kappa shape index (κ1) is 23.0. The molecule has 0 aromatic heterocycles. The number of aliphatic hydroxyl groups excluding tert-OH is 2. The molecular formula is C22H32N2O5. The van der Waals surface area contributed by atoms with Crippen molar-refractivity contribution >= 4 is 0 Å². The Morgan fingerprint density at radius 3 is 1.93 bits per heavy atom. The Bertz CT molecular complexity index is 671. The van der Waals surface area contributed by atoms with Gasteiger partial charge in [-0.15, -0.1) is 0 Å². The summed E-state index contributed by atoms with van der Waals surface area (Å²) in [5.41, 5.74) is 0. The number of para-hydroxylation sites is 3. The predicted octanol–water partition coefficient (Wildman–Crippen LogP) is 1.44. The average molecular weight is 405 g/mol. The van der Waals surface area contributed by atoms with Gasteiger partial charge in [0.2, 0.25) is 0 Å². The summed E-state index contributed by atoms with van der Waals surface area (Å²) >= 11 is 0. The molecule has 2 rings (SSSR count). The quantitative estimate of drug-likeness (QED) is 0.334. The molecule has 2 aromatic carbocycles. The minimum absolute atomic E-state index is 0.194. The van der Waals surface area contributed by atoms with Crippen molar-refractivity contribution in [1.82, 2.24) is 10.6 Å². The number of methoxy groups -OCH3 is 1. The van der Waals surface area contributed by atoms with Crippen molar-refractivity contribution in [3.05, 3.63) is 54.6 Å². The van der Waals surface area contributed by atoms with Crippen LogP contribution in [-0.2, 0) is 0 Å². The van der Waals surface area contributed by atoms with Gasteiger partial charge in [-0.3, -0.25) is 0 Å². The molecule has 7 heteroatoms. The Kier molecular flexibility index (Phi) is 10.9. The lowest BCUT2D eigenvalue weighted by atomic mass is 10.3. The molecule has 0 heterocycles. The third kappa shape index (κ3) is 9.62. The van der Waals surface area contributed by atoms with Crippen molar-refractivity contribution in [2.24, 2.45) is 0 Å². The Balaban J connectivity index is 1.45. The average Bonchev–Trinajstić information content (AvgIpc) is 2.76. The topological polar surface area (TPSA) is 92.2 Å². The smallest absolute Gasteiger partial charge is 0.161 e. The van der Waals surface area contributed by atoms with E-state index in [1.54, 1.807) is 7.11 Å². The second kappa shape index (κ2) is 13.8. The highest BCUT2D eigenvalue weighted by molar-refractivity contribution is 5.39. The van der Waals surface area contributed by atoms with Crippen LogP contribution in [0.15, 0.2) is 54.6 Å². The van der Waals surface area contributed by atoms with Crippen LogP contribution in [0.3, 0.4) is 0 Å². The number of rotatable bonds is 15. The fourth-order valence-corrected chi connectivity index (χ4v) is 2.63. The molecule has 0 saturated heterocycles. The monoisotopic (exact) mass is 404 g/mol. The maximum atomic E-state index is 10.0. The van der Waals surface area contributed by atoms with Crippen LogP contribution in [-0.4, -0.2) is 68.9 Å². The molecule has 0 fully saturated rings. The third-order valence-corrected chi connectivity index (χ3v) is 4.15. The van der Waals surface area contributed by atoms with Crippen molar-refractivity contribution in [2.75, 3.05) is 46.5 Å². The first-order valence-electron chi connectivity index (χ1n) is 9.90. The van der Waals surface area contributed by atoms with E-state index in [4.69, 9.17) is 14.2 Å². The predicted molar refractivity (Wildman–Crippen MR) is 113 cm³/mol. The van der Waals surface area contributed by atoms with Crippen LogP contribution >= 0.6 is 0 Å². The molecule has 0 bridgehead atoms. The molecule has 4 N–H and O–H groups in total. The van der Waals surface area contributed by atoms with Crippen LogP contribution < -0.4 is 24.8 Å². The number of benzene rings is 2. The van der Waals surface area contributed by atoms with Gasteiger partial charge in [-0.2, -0.15) is 0 Å². The molecule has 0 spiro atoms. The molecule has 2 unspecified atom stereocenters. The summed E-state index contributed by atoms with van der Waals surface area (Å²) in [7, 11) is 1.59. The second-order valence-corrected chi connectivity index (χ2v) is 6.66.